The van der Waals surface area contributed by atoms with Gasteiger partial charge in [-0.1, -0.05) is 11.6 Å². The van der Waals surface area contributed by atoms with Gasteiger partial charge in [0.15, 0.2) is 0 Å². The molecule has 2 aromatic heterocycles. The Balaban J connectivity index is 1.51. The number of nitrogens with one attached hydrogen (secondary N) is 2. The predicted molar refractivity (Wildman–Crippen MR) is 112 cm³/mol. The summed E-state index contributed by atoms with van der Waals surface area (Å²) in [7, 11) is 0. The van der Waals surface area contributed by atoms with E-state index in [4.69, 9.17) is 11.6 Å². The van der Waals surface area contributed by atoms with Crippen LogP contribution in [0.5, 0.6) is 0 Å². The molecule has 1 aromatic carbocycles. The van der Waals surface area contributed by atoms with Gasteiger partial charge in [-0.05, 0) is 31.0 Å². The molecule has 1 aliphatic rings. The van der Waals surface area contributed by atoms with Gasteiger partial charge in [0.05, 0.1) is 27.2 Å². The van der Waals surface area contributed by atoms with Crippen molar-refractivity contribution in [2.45, 2.75) is 12.8 Å². The molecule has 1 aliphatic heterocycles. The number of hydrogen-bond donors (Lipinski definition) is 2. The number of carbonyl (C=O) groups excluding carboxylic acids is 1. The standard InChI is InChI=1S/C19H17ClN6O4/c20-12-1-2-17(21-9-12)24-18(27)11-3-5-25(6-4-11)15-8-14-13(7-16(15)26(29)30)19(28)23-10-22-14/h1-2,7-11H,3-6H2,(H,21,24,27)(H,22,23,28). The van der Waals surface area contributed by atoms with Crippen LogP contribution >= 0.6 is 11.6 Å². The Hall–Kier alpha value is -3.53. The molecule has 1 amide bonds. The molecule has 0 radical (unpaired) electrons. The molecule has 0 unspecified atom stereocenters. The highest BCUT2D eigenvalue weighted by Crippen LogP contribution is 2.34. The third kappa shape index (κ3) is 3.94. The number of anilines is 2. The molecular formula is C19H17ClN6O4. The van der Waals surface area contributed by atoms with E-state index in [2.05, 4.69) is 20.3 Å². The first-order valence-corrected chi connectivity index (χ1v) is 9.63. The van der Waals surface area contributed by atoms with Crippen LogP contribution in [0.3, 0.4) is 0 Å². The number of carbonyl (C=O) groups is 1. The number of piperidine rings is 1. The third-order valence-electron chi connectivity index (χ3n) is 5.12. The van der Waals surface area contributed by atoms with Crippen LogP contribution in [0.2, 0.25) is 5.02 Å². The summed E-state index contributed by atoms with van der Waals surface area (Å²) in [6, 6.07) is 6.08. The number of nitro benzene ring substituents is 1. The molecule has 4 rings (SSSR count). The summed E-state index contributed by atoms with van der Waals surface area (Å²) in [6.45, 7) is 0.920. The van der Waals surface area contributed by atoms with E-state index in [0.717, 1.165) is 0 Å². The highest BCUT2D eigenvalue weighted by molar-refractivity contribution is 6.30. The second kappa shape index (κ2) is 8.07. The number of nitrogens with zero attached hydrogens (tertiary/aromatic N) is 4. The summed E-state index contributed by atoms with van der Waals surface area (Å²) >= 11 is 5.80. The Bertz CT molecular complexity index is 1170. The summed E-state index contributed by atoms with van der Waals surface area (Å²) in [4.78, 5) is 48.0. The number of halogens is 1. The number of H-pyrrole nitrogens is 1. The highest BCUT2D eigenvalue weighted by Gasteiger charge is 2.29. The van der Waals surface area contributed by atoms with E-state index in [1.165, 1.54) is 18.6 Å². The van der Waals surface area contributed by atoms with E-state index in [-0.39, 0.29) is 22.9 Å². The molecule has 1 fully saturated rings. The molecule has 0 saturated carbocycles. The maximum atomic E-state index is 12.5. The maximum absolute atomic E-state index is 12.5. The van der Waals surface area contributed by atoms with Crippen molar-refractivity contribution in [2.24, 2.45) is 5.92 Å². The lowest BCUT2D eigenvalue weighted by molar-refractivity contribution is -0.384. The minimum Gasteiger partial charge on any atom is -0.366 e. The first-order chi connectivity index (χ1) is 14.4. The van der Waals surface area contributed by atoms with Gasteiger partial charge in [-0.25, -0.2) is 9.97 Å². The van der Waals surface area contributed by atoms with Crippen molar-refractivity contribution in [1.82, 2.24) is 15.0 Å². The minimum absolute atomic E-state index is 0.148. The second-order valence-corrected chi connectivity index (χ2v) is 7.40. The van der Waals surface area contributed by atoms with Gasteiger partial charge in [0.2, 0.25) is 5.91 Å². The molecular weight excluding hydrogens is 412 g/mol. The minimum atomic E-state index is -0.508. The van der Waals surface area contributed by atoms with Gasteiger partial charge in [0.1, 0.15) is 11.5 Å². The Morgan fingerprint density at radius 3 is 2.70 bits per heavy atom. The quantitative estimate of drug-likeness (QED) is 0.481. The van der Waals surface area contributed by atoms with Crippen LogP contribution in [-0.4, -0.2) is 38.9 Å². The normalized spacial score (nSPS) is 14.6. The van der Waals surface area contributed by atoms with Gasteiger partial charge in [0.25, 0.3) is 11.2 Å². The van der Waals surface area contributed by atoms with Gasteiger partial charge >= 0.3 is 0 Å². The topological polar surface area (TPSA) is 134 Å². The van der Waals surface area contributed by atoms with Gasteiger partial charge in [0, 0.05) is 31.3 Å². The van der Waals surface area contributed by atoms with Crippen molar-refractivity contribution < 1.29 is 9.72 Å². The van der Waals surface area contributed by atoms with Crippen LogP contribution in [0, 0.1) is 16.0 Å². The van der Waals surface area contributed by atoms with Crippen LogP contribution < -0.4 is 15.8 Å². The van der Waals surface area contributed by atoms with E-state index >= 15 is 0 Å². The molecule has 3 heterocycles. The largest absolute Gasteiger partial charge is 0.366 e. The number of hydrogen-bond acceptors (Lipinski definition) is 7. The zero-order valence-electron chi connectivity index (χ0n) is 15.7. The van der Waals surface area contributed by atoms with E-state index in [1.807, 2.05) is 4.90 Å². The number of amides is 1. The van der Waals surface area contributed by atoms with Gasteiger partial charge < -0.3 is 15.2 Å². The molecule has 0 atom stereocenters. The average Bonchev–Trinajstić information content (AvgIpc) is 2.75. The number of pyridine rings is 1. The fourth-order valence-corrected chi connectivity index (χ4v) is 3.66. The summed E-state index contributed by atoms with van der Waals surface area (Å²) in [6.07, 6.45) is 3.77. The van der Waals surface area contributed by atoms with Crippen LogP contribution in [0.25, 0.3) is 10.9 Å². The molecule has 0 bridgehead atoms. The Morgan fingerprint density at radius 2 is 2.03 bits per heavy atom. The Morgan fingerprint density at radius 1 is 1.27 bits per heavy atom. The van der Waals surface area contributed by atoms with Crippen molar-refractivity contribution in [3.63, 3.8) is 0 Å². The van der Waals surface area contributed by atoms with Crippen molar-refractivity contribution in [3.05, 3.63) is 62.3 Å². The van der Waals surface area contributed by atoms with E-state index in [9.17, 15) is 19.7 Å². The van der Waals surface area contributed by atoms with Crippen LogP contribution in [0.4, 0.5) is 17.2 Å². The lowest BCUT2D eigenvalue weighted by atomic mass is 9.95. The zero-order valence-corrected chi connectivity index (χ0v) is 16.4. The molecule has 2 N–H and O–H groups in total. The summed E-state index contributed by atoms with van der Waals surface area (Å²) in [5.41, 5.74) is 0.187. The zero-order chi connectivity index (χ0) is 21.3. The molecule has 30 heavy (non-hydrogen) atoms. The number of aromatic amines is 1. The molecule has 11 heteroatoms. The smallest absolute Gasteiger partial charge is 0.293 e. The van der Waals surface area contributed by atoms with Crippen LogP contribution in [-0.2, 0) is 4.79 Å². The van der Waals surface area contributed by atoms with Crippen molar-refractivity contribution in [2.75, 3.05) is 23.3 Å². The van der Waals surface area contributed by atoms with Crippen LogP contribution in [0.1, 0.15) is 12.8 Å². The number of nitro groups is 1. The number of aromatic nitrogens is 3. The number of benzene rings is 1. The first-order valence-electron chi connectivity index (χ1n) is 9.25. The van der Waals surface area contributed by atoms with E-state index in [0.29, 0.717) is 48.0 Å². The SMILES string of the molecule is O=C(Nc1ccc(Cl)cn1)C1CCN(c2cc3nc[nH]c(=O)c3cc2[N+](=O)[O-])CC1. The van der Waals surface area contributed by atoms with Crippen molar-refractivity contribution >= 4 is 45.6 Å². The van der Waals surface area contributed by atoms with Crippen molar-refractivity contribution in [3.8, 4) is 0 Å². The molecule has 0 aliphatic carbocycles. The van der Waals surface area contributed by atoms with E-state index in [1.54, 1.807) is 18.2 Å². The number of fused-ring (bicyclic) bond motifs is 1. The molecule has 1 saturated heterocycles. The fraction of sp³-hybridized carbons (Fsp3) is 0.263. The van der Waals surface area contributed by atoms with Gasteiger partial charge in [-0.3, -0.25) is 19.7 Å². The van der Waals surface area contributed by atoms with Crippen LogP contribution in [0.15, 0.2) is 41.6 Å². The second-order valence-electron chi connectivity index (χ2n) is 6.96. The Labute approximate surface area is 175 Å². The third-order valence-corrected chi connectivity index (χ3v) is 5.34. The molecule has 10 nitrogen and oxygen atoms in total. The fourth-order valence-electron chi connectivity index (χ4n) is 3.55. The average molecular weight is 429 g/mol. The first kappa shape index (κ1) is 19.8. The predicted octanol–water partition coefficient (Wildman–Crippen LogP) is 2.73. The molecule has 0 spiro atoms. The molecule has 3 aromatic rings. The van der Waals surface area contributed by atoms with Gasteiger partial charge in [-0.15, -0.1) is 0 Å². The Kier molecular flexibility index (Phi) is 5.32. The summed E-state index contributed by atoms with van der Waals surface area (Å²) in [5.74, 6) is 0.0400. The van der Waals surface area contributed by atoms with E-state index < -0.39 is 10.5 Å². The van der Waals surface area contributed by atoms with Crippen molar-refractivity contribution in [1.29, 1.82) is 0 Å². The molecule has 154 valence electrons. The summed E-state index contributed by atoms with van der Waals surface area (Å²) < 4.78 is 0. The lowest BCUT2D eigenvalue weighted by Crippen LogP contribution is -2.38. The maximum Gasteiger partial charge on any atom is 0.293 e. The highest BCUT2D eigenvalue weighted by atomic mass is 35.5. The monoisotopic (exact) mass is 428 g/mol. The van der Waals surface area contributed by atoms with Gasteiger partial charge in [-0.2, -0.15) is 0 Å². The number of rotatable bonds is 4. The lowest BCUT2D eigenvalue weighted by Gasteiger charge is -2.32. The summed E-state index contributed by atoms with van der Waals surface area (Å²) in [5, 5.41) is 15.0.